The molecular weight excluding hydrogens is 426 g/mol. The molecule has 0 aliphatic carbocycles. The van der Waals surface area contributed by atoms with Gasteiger partial charge < -0.3 is 0 Å². The number of alkyl halides is 3. The van der Waals surface area contributed by atoms with Crippen LogP contribution in [0.4, 0.5) is 18.9 Å². The highest BCUT2D eigenvalue weighted by Crippen LogP contribution is 2.31. The van der Waals surface area contributed by atoms with Gasteiger partial charge in [-0.15, -0.1) is 0 Å². The molecule has 0 spiro atoms. The van der Waals surface area contributed by atoms with Gasteiger partial charge in [-0.2, -0.15) is 18.3 Å². The molecule has 3 aromatic rings. The van der Waals surface area contributed by atoms with E-state index in [0.29, 0.717) is 5.69 Å². The minimum absolute atomic E-state index is 0.0917. The van der Waals surface area contributed by atoms with Crippen LogP contribution in [0.2, 0.25) is 10.0 Å². The van der Waals surface area contributed by atoms with Crippen molar-refractivity contribution in [2.24, 2.45) is 0 Å². The highest BCUT2D eigenvalue weighted by Gasteiger charge is 2.33. The van der Waals surface area contributed by atoms with Crippen molar-refractivity contribution in [3.63, 3.8) is 0 Å². The maximum Gasteiger partial charge on any atom is 0.435 e. The van der Waals surface area contributed by atoms with Gasteiger partial charge in [0.25, 0.3) is 10.0 Å². The number of aromatic nitrogens is 2. The molecule has 2 aromatic carbocycles. The number of halogens is 5. The second-order valence-corrected chi connectivity index (χ2v) is 7.78. The van der Waals surface area contributed by atoms with Crippen molar-refractivity contribution in [3.05, 3.63) is 70.5 Å². The van der Waals surface area contributed by atoms with Gasteiger partial charge in [0.2, 0.25) is 0 Å². The first-order valence-corrected chi connectivity index (χ1v) is 9.52. The Balaban J connectivity index is 1.84. The Bertz CT molecular complexity index is 1080. The fraction of sp³-hybridized carbons (Fsp3) is 0.0625. The van der Waals surface area contributed by atoms with Gasteiger partial charge in [-0.25, -0.2) is 13.1 Å². The van der Waals surface area contributed by atoms with Crippen LogP contribution >= 0.6 is 23.2 Å². The van der Waals surface area contributed by atoms with Crippen molar-refractivity contribution >= 4 is 38.9 Å². The lowest BCUT2D eigenvalue weighted by atomic mass is 10.3. The Morgan fingerprint density at radius 2 is 1.67 bits per heavy atom. The number of hydrogen-bond acceptors (Lipinski definition) is 3. The number of nitrogens with one attached hydrogen (secondary N) is 1. The molecular formula is C16H10Cl2F3N3O2S. The van der Waals surface area contributed by atoms with Gasteiger partial charge in [-0.3, -0.25) is 4.72 Å². The molecule has 0 atom stereocenters. The average Bonchev–Trinajstić information content (AvgIpc) is 3.08. The summed E-state index contributed by atoms with van der Waals surface area (Å²) in [5.41, 5.74) is -0.505. The van der Waals surface area contributed by atoms with Gasteiger partial charge in [0.05, 0.1) is 15.7 Å². The molecule has 0 saturated carbocycles. The molecule has 11 heteroatoms. The van der Waals surface area contributed by atoms with E-state index in [1.165, 1.54) is 42.5 Å². The summed E-state index contributed by atoms with van der Waals surface area (Å²) in [5.74, 6) is 0. The van der Waals surface area contributed by atoms with E-state index < -0.39 is 21.9 Å². The first-order chi connectivity index (χ1) is 12.6. The zero-order valence-corrected chi connectivity index (χ0v) is 15.5. The van der Waals surface area contributed by atoms with Crippen molar-refractivity contribution in [1.82, 2.24) is 9.78 Å². The zero-order chi connectivity index (χ0) is 19.8. The quantitative estimate of drug-likeness (QED) is 0.626. The lowest BCUT2D eigenvalue weighted by molar-refractivity contribution is -0.141. The molecule has 142 valence electrons. The summed E-state index contributed by atoms with van der Waals surface area (Å²) in [7, 11) is -4.00. The van der Waals surface area contributed by atoms with Gasteiger partial charge in [0.1, 0.15) is 4.90 Å². The molecule has 0 aliphatic rings. The second-order valence-electron chi connectivity index (χ2n) is 5.35. The summed E-state index contributed by atoms with van der Waals surface area (Å²) in [5, 5.41) is 3.43. The van der Waals surface area contributed by atoms with Gasteiger partial charge in [0, 0.05) is 11.9 Å². The van der Waals surface area contributed by atoms with Crippen LogP contribution in [0, 0.1) is 0 Å². The monoisotopic (exact) mass is 435 g/mol. The van der Waals surface area contributed by atoms with E-state index in [1.807, 2.05) is 0 Å². The van der Waals surface area contributed by atoms with Crippen LogP contribution in [-0.2, 0) is 16.2 Å². The van der Waals surface area contributed by atoms with E-state index in [0.717, 1.165) is 16.9 Å². The van der Waals surface area contributed by atoms with E-state index in [9.17, 15) is 21.6 Å². The number of nitrogens with zero attached hydrogens (tertiary/aromatic N) is 2. The molecule has 3 rings (SSSR count). The maximum atomic E-state index is 12.6. The molecule has 0 fully saturated rings. The predicted molar refractivity (Wildman–Crippen MR) is 95.8 cm³/mol. The maximum absolute atomic E-state index is 12.6. The summed E-state index contributed by atoms with van der Waals surface area (Å²) in [4.78, 5) is -0.192. The molecule has 0 aliphatic heterocycles. The largest absolute Gasteiger partial charge is 0.435 e. The van der Waals surface area contributed by atoms with E-state index in [-0.39, 0.29) is 20.6 Å². The Hall–Kier alpha value is -2.23. The first kappa shape index (κ1) is 19.5. The smallest absolute Gasteiger partial charge is 0.280 e. The first-order valence-electron chi connectivity index (χ1n) is 7.28. The number of sulfonamides is 1. The summed E-state index contributed by atoms with van der Waals surface area (Å²) in [6, 6.07) is 10.7. The molecule has 0 radical (unpaired) electrons. The Morgan fingerprint density at radius 1 is 1.00 bits per heavy atom. The molecule has 1 heterocycles. The molecule has 0 unspecified atom stereocenters. The standard InChI is InChI=1S/C16H10Cl2F3N3O2S/c17-12-2-1-3-13(15(12)18)27(25,26)23-10-4-6-11(7-5-10)24-9-8-14(22-24)16(19,20)21/h1-9,23H. The van der Waals surface area contributed by atoms with Gasteiger partial charge in [0.15, 0.2) is 5.69 Å². The molecule has 0 saturated heterocycles. The summed E-state index contributed by atoms with van der Waals surface area (Å²) >= 11 is 11.8. The molecule has 1 aromatic heterocycles. The van der Waals surface area contributed by atoms with E-state index in [4.69, 9.17) is 23.2 Å². The number of rotatable bonds is 4. The fourth-order valence-corrected chi connectivity index (χ4v) is 4.02. The normalized spacial score (nSPS) is 12.2. The average molecular weight is 436 g/mol. The van der Waals surface area contributed by atoms with Crippen molar-refractivity contribution in [2.75, 3.05) is 4.72 Å². The highest BCUT2D eigenvalue weighted by atomic mass is 35.5. The lowest BCUT2D eigenvalue weighted by Gasteiger charge is -2.11. The predicted octanol–water partition coefficient (Wildman–Crippen LogP) is 5.00. The number of hydrogen-bond donors (Lipinski definition) is 1. The Labute approximate surface area is 162 Å². The van der Waals surface area contributed by atoms with Crippen molar-refractivity contribution < 1.29 is 21.6 Å². The Morgan fingerprint density at radius 3 is 2.26 bits per heavy atom. The van der Waals surface area contributed by atoms with E-state index in [2.05, 4.69) is 9.82 Å². The van der Waals surface area contributed by atoms with E-state index >= 15 is 0 Å². The van der Waals surface area contributed by atoms with Crippen LogP contribution in [0.5, 0.6) is 0 Å². The minimum atomic E-state index is -4.54. The molecule has 27 heavy (non-hydrogen) atoms. The van der Waals surface area contributed by atoms with Crippen molar-refractivity contribution in [1.29, 1.82) is 0 Å². The van der Waals surface area contributed by atoms with Crippen molar-refractivity contribution in [2.45, 2.75) is 11.1 Å². The lowest BCUT2D eigenvalue weighted by Crippen LogP contribution is -2.13. The molecule has 1 N–H and O–H groups in total. The van der Waals surface area contributed by atoms with Crippen LogP contribution in [0.1, 0.15) is 5.69 Å². The third kappa shape index (κ3) is 4.20. The van der Waals surface area contributed by atoms with Gasteiger partial charge in [-0.1, -0.05) is 29.3 Å². The fourth-order valence-electron chi connectivity index (χ4n) is 2.20. The van der Waals surface area contributed by atoms with Crippen LogP contribution < -0.4 is 4.72 Å². The second kappa shape index (κ2) is 7.06. The van der Waals surface area contributed by atoms with Crippen LogP contribution in [0.15, 0.2) is 59.6 Å². The molecule has 5 nitrogen and oxygen atoms in total. The van der Waals surface area contributed by atoms with Gasteiger partial charge >= 0.3 is 6.18 Å². The number of benzene rings is 2. The zero-order valence-electron chi connectivity index (χ0n) is 13.2. The number of anilines is 1. The van der Waals surface area contributed by atoms with Crippen molar-refractivity contribution in [3.8, 4) is 5.69 Å². The summed E-state index contributed by atoms with van der Waals surface area (Å²) < 4.78 is 66.1. The van der Waals surface area contributed by atoms with Crippen LogP contribution in [0.25, 0.3) is 5.69 Å². The molecule has 0 amide bonds. The third-order valence-electron chi connectivity index (χ3n) is 3.47. The van der Waals surface area contributed by atoms with E-state index in [1.54, 1.807) is 0 Å². The third-order valence-corrected chi connectivity index (χ3v) is 5.82. The van der Waals surface area contributed by atoms with Gasteiger partial charge in [-0.05, 0) is 42.5 Å². The Kier molecular flexibility index (Phi) is 5.11. The summed E-state index contributed by atoms with van der Waals surface area (Å²) in [6.45, 7) is 0. The highest BCUT2D eigenvalue weighted by molar-refractivity contribution is 7.92. The SMILES string of the molecule is O=S(=O)(Nc1ccc(-n2ccc(C(F)(F)F)n2)cc1)c1cccc(Cl)c1Cl. The van der Waals surface area contributed by atoms with Crippen LogP contribution in [-0.4, -0.2) is 18.2 Å². The minimum Gasteiger partial charge on any atom is -0.280 e. The summed E-state index contributed by atoms with van der Waals surface area (Å²) in [6.07, 6.45) is -3.38. The molecule has 0 bridgehead atoms. The topological polar surface area (TPSA) is 64.0 Å². The van der Waals surface area contributed by atoms with Crippen LogP contribution in [0.3, 0.4) is 0 Å².